The fourth-order valence-corrected chi connectivity index (χ4v) is 3.48. The number of hydrogen-bond donors (Lipinski definition) is 3. The fraction of sp³-hybridized carbons (Fsp3) is 0.190. The summed E-state index contributed by atoms with van der Waals surface area (Å²) in [6.07, 6.45) is -0.549. The van der Waals surface area contributed by atoms with Crippen LogP contribution in [-0.4, -0.2) is 39.1 Å². The van der Waals surface area contributed by atoms with Crippen LogP contribution in [0.25, 0.3) is 10.9 Å². The molecule has 1 amide bonds. The lowest BCUT2D eigenvalue weighted by molar-refractivity contribution is -0.136. The number of amides is 1. The van der Waals surface area contributed by atoms with E-state index >= 15 is 0 Å². The van der Waals surface area contributed by atoms with Crippen molar-refractivity contribution in [1.82, 2.24) is 9.88 Å². The lowest BCUT2D eigenvalue weighted by atomic mass is 10.1. The van der Waals surface area contributed by atoms with Crippen molar-refractivity contribution in [3.05, 3.63) is 64.1 Å². The van der Waals surface area contributed by atoms with Crippen molar-refractivity contribution in [2.24, 2.45) is 0 Å². The molecule has 0 aliphatic carbocycles. The van der Waals surface area contributed by atoms with Crippen molar-refractivity contribution >= 4 is 40.3 Å². The number of phenolic OH excluding ortho intramolecular Hbond substituents is 1. The van der Waals surface area contributed by atoms with Gasteiger partial charge in [-0.05, 0) is 42.8 Å². The summed E-state index contributed by atoms with van der Waals surface area (Å²) in [4.78, 5) is 36.0. The second-order valence-corrected chi connectivity index (χ2v) is 7.11. The van der Waals surface area contributed by atoms with Gasteiger partial charge in [0.1, 0.15) is 0 Å². The molecular weight excluding hydrogens is 415 g/mol. The molecule has 0 fully saturated rings. The van der Waals surface area contributed by atoms with Crippen LogP contribution in [0.5, 0.6) is 5.75 Å². The molecule has 0 atom stereocenters. The van der Waals surface area contributed by atoms with Crippen LogP contribution in [0.2, 0.25) is 5.02 Å². The van der Waals surface area contributed by atoms with E-state index in [0.29, 0.717) is 10.7 Å². The highest BCUT2D eigenvalue weighted by Crippen LogP contribution is 2.33. The van der Waals surface area contributed by atoms with Gasteiger partial charge < -0.3 is 15.5 Å². The van der Waals surface area contributed by atoms with Gasteiger partial charge in [0, 0.05) is 28.2 Å². The van der Waals surface area contributed by atoms with Gasteiger partial charge in [-0.15, -0.1) is 0 Å². The minimum atomic E-state index is -1.06. The van der Waals surface area contributed by atoms with Crippen LogP contribution in [-0.2, 0) is 16.0 Å². The Morgan fingerprint density at radius 2 is 1.93 bits per heavy atom. The summed E-state index contributed by atoms with van der Waals surface area (Å²) in [6.45, 7) is 1.49. The predicted octanol–water partition coefficient (Wildman–Crippen LogP) is 3.27. The maximum absolute atomic E-state index is 14.8. The number of benzene rings is 2. The van der Waals surface area contributed by atoms with E-state index in [9.17, 15) is 23.9 Å². The van der Waals surface area contributed by atoms with Crippen LogP contribution in [0.1, 0.15) is 28.0 Å². The number of aromatic hydroxyl groups is 1. The smallest absolute Gasteiger partial charge is 0.305 e. The van der Waals surface area contributed by atoms with Gasteiger partial charge in [-0.2, -0.15) is 0 Å². The molecule has 3 aromatic rings. The normalized spacial score (nSPS) is 10.9. The molecule has 0 spiro atoms. The summed E-state index contributed by atoms with van der Waals surface area (Å²) in [7, 11) is 0. The Morgan fingerprint density at radius 3 is 2.60 bits per heavy atom. The highest BCUT2D eigenvalue weighted by atomic mass is 35.5. The van der Waals surface area contributed by atoms with E-state index in [0.717, 1.165) is 6.07 Å². The quantitative estimate of drug-likeness (QED) is 0.554. The van der Waals surface area contributed by atoms with E-state index in [4.69, 9.17) is 16.7 Å². The summed E-state index contributed by atoms with van der Waals surface area (Å²) < 4.78 is 16.1. The van der Waals surface area contributed by atoms with Crippen molar-refractivity contribution in [3.63, 3.8) is 0 Å². The van der Waals surface area contributed by atoms with Gasteiger partial charge in [-0.1, -0.05) is 17.7 Å². The van der Waals surface area contributed by atoms with Gasteiger partial charge in [-0.25, -0.2) is 4.39 Å². The number of carboxylic acids is 1. The van der Waals surface area contributed by atoms with Crippen LogP contribution in [0.15, 0.2) is 36.4 Å². The van der Waals surface area contributed by atoms with Crippen molar-refractivity contribution in [3.8, 4) is 5.75 Å². The molecular formula is C21H18ClFN2O5. The van der Waals surface area contributed by atoms with Gasteiger partial charge in [0.2, 0.25) is 5.91 Å². The van der Waals surface area contributed by atoms with Gasteiger partial charge in [-0.3, -0.25) is 19.0 Å². The summed E-state index contributed by atoms with van der Waals surface area (Å²) in [5.41, 5.74) is 1.02. The Labute approximate surface area is 175 Å². The molecule has 0 saturated carbocycles. The predicted molar refractivity (Wildman–Crippen MR) is 108 cm³/mol. The maximum atomic E-state index is 14.8. The van der Waals surface area contributed by atoms with E-state index in [1.165, 1.54) is 16.7 Å². The number of aliphatic carboxylic acids is 1. The minimum Gasteiger partial charge on any atom is -0.505 e. The SMILES string of the molecule is Cc1c(CC(=O)NCCC(=O)O)c2c(F)c(O)ccc2n1C(=O)c1cccc(Cl)c1. The topological polar surface area (TPSA) is 109 Å². The third-order valence-corrected chi connectivity index (χ3v) is 4.92. The lowest BCUT2D eigenvalue weighted by Gasteiger charge is -2.08. The van der Waals surface area contributed by atoms with Crippen LogP contribution < -0.4 is 5.32 Å². The number of fused-ring (bicyclic) bond motifs is 1. The van der Waals surface area contributed by atoms with Crippen molar-refractivity contribution in [2.45, 2.75) is 19.8 Å². The minimum absolute atomic E-state index is 0.0451. The molecule has 1 heterocycles. The van der Waals surface area contributed by atoms with E-state index in [1.807, 2.05) is 0 Å². The Balaban J connectivity index is 2.08. The molecule has 0 radical (unpaired) electrons. The molecule has 0 saturated heterocycles. The summed E-state index contributed by atoms with van der Waals surface area (Å²) in [5, 5.41) is 21.3. The number of aromatic nitrogens is 1. The lowest BCUT2D eigenvalue weighted by Crippen LogP contribution is -2.27. The largest absolute Gasteiger partial charge is 0.505 e. The fourth-order valence-electron chi connectivity index (χ4n) is 3.29. The third kappa shape index (κ3) is 4.13. The molecule has 0 unspecified atom stereocenters. The number of nitrogens with one attached hydrogen (secondary N) is 1. The van der Waals surface area contributed by atoms with Gasteiger partial charge in [0.25, 0.3) is 5.91 Å². The molecule has 3 rings (SSSR count). The van der Waals surface area contributed by atoms with Gasteiger partial charge in [0.15, 0.2) is 11.6 Å². The molecule has 0 bridgehead atoms. The second-order valence-electron chi connectivity index (χ2n) is 6.68. The van der Waals surface area contributed by atoms with Crippen molar-refractivity contribution < 1.29 is 29.0 Å². The maximum Gasteiger partial charge on any atom is 0.305 e. The Kier molecular flexibility index (Phi) is 6.07. The number of carbonyl (C=O) groups excluding carboxylic acids is 2. The third-order valence-electron chi connectivity index (χ3n) is 4.69. The number of rotatable bonds is 6. The Bertz CT molecular complexity index is 1170. The Hall–Kier alpha value is -3.39. The molecule has 1 aromatic heterocycles. The Morgan fingerprint density at radius 1 is 1.20 bits per heavy atom. The molecule has 2 aromatic carbocycles. The van der Waals surface area contributed by atoms with Crippen LogP contribution >= 0.6 is 11.6 Å². The first-order valence-corrected chi connectivity index (χ1v) is 9.38. The molecule has 9 heteroatoms. The standard InChI is InChI=1S/C21H18ClFN2O5/c1-11-14(10-17(27)24-8-7-18(28)29)19-15(5-6-16(26)20(19)23)25(11)21(30)12-3-2-4-13(22)9-12/h2-6,9,26H,7-8,10H2,1H3,(H,24,27)(H,28,29). The van der Waals surface area contributed by atoms with E-state index in [-0.39, 0.29) is 41.4 Å². The number of halogens is 2. The zero-order valence-electron chi connectivity index (χ0n) is 15.9. The monoisotopic (exact) mass is 432 g/mol. The van der Waals surface area contributed by atoms with Crippen molar-refractivity contribution in [2.75, 3.05) is 6.54 Å². The van der Waals surface area contributed by atoms with E-state index in [1.54, 1.807) is 25.1 Å². The number of hydrogen-bond acceptors (Lipinski definition) is 4. The second kappa shape index (κ2) is 8.54. The van der Waals surface area contributed by atoms with Gasteiger partial charge >= 0.3 is 5.97 Å². The summed E-state index contributed by atoms with van der Waals surface area (Å²) in [5.74, 6) is -3.62. The first-order valence-electron chi connectivity index (χ1n) is 9.00. The average Bonchev–Trinajstić information content (AvgIpc) is 2.96. The molecule has 156 valence electrons. The summed E-state index contributed by atoms with van der Waals surface area (Å²) >= 11 is 5.98. The van der Waals surface area contributed by atoms with Crippen molar-refractivity contribution in [1.29, 1.82) is 0 Å². The molecule has 7 nitrogen and oxygen atoms in total. The highest BCUT2D eigenvalue weighted by molar-refractivity contribution is 6.31. The number of carbonyl (C=O) groups is 3. The summed E-state index contributed by atoms with van der Waals surface area (Å²) in [6, 6.07) is 8.80. The first kappa shape index (κ1) is 21.3. The first-order chi connectivity index (χ1) is 14.2. The zero-order valence-corrected chi connectivity index (χ0v) is 16.7. The highest BCUT2D eigenvalue weighted by Gasteiger charge is 2.25. The number of phenols is 1. The molecule has 3 N–H and O–H groups in total. The number of nitrogens with zero attached hydrogens (tertiary/aromatic N) is 1. The molecule has 30 heavy (non-hydrogen) atoms. The molecule has 0 aliphatic heterocycles. The van der Waals surface area contributed by atoms with Crippen LogP contribution in [0, 0.1) is 12.7 Å². The number of carboxylic acid groups (broad SMARTS) is 1. The van der Waals surface area contributed by atoms with Crippen LogP contribution in [0.3, 0.4) is 0 Å². The zero-order chi connectivity index (χ0) is 22.0. The van der Waals surface area contributed by atoms with E-state index in [2.05, 4.69) is 5.32 Å². The van der Waals surface area contributed by atoms with Gasteiger partial charge in [0.05, 0.1) is 18.4 Å². The van der Waals surface area contributed by atoms with Crippen LogP contribution in [0.4, 0.5) is 4.39 Å². The van der Waals surface area contributed by atoms with E-state index < -0.39 is 29.4 Å². The molecule has 0 aliphatic rings. The average molecular weight is 433 g/mol.